The lowest BCUT2D eigenvalue weighted by atomic mass is 9.84. The molecule has 0 N–H and O–H groups in total. The van der Waals surface area contributed by atoms with E-state index in [4.69, 9.17) is 0 Å². The first-order valence-corrected chi connectivity index (χ1v) is 7.63. The Morgan fingerprint density at radius 1 is 0.857 bits per heavy atom. The lowest BCUT2D eigenvalue weighted by Gasteiger charge is -2.22. The van der Waals surface area contributed by atoms with Gasteiger partial charge in [-0.25, -0.2) is 8.78 Å². The van der Waals surface area contributed by atoms with Gasteiger partial charge >= 0.3 is 0 Å². The third-order valence-electron chi connectivity index (χ3n) is 3.94. The maximum Gasteiger partial charge on any atom is 0.126 e. The topological polar surface area (TPSA) is 0 Å². The van der Waals surface area contributed by atoms with E-state index >= 15 is 0 Å². The summed E-state index contributed by atoms with van der Waals surface area (Å²) in [5.41, 5.74) is 1.90. The Morgan fingerprint density at radius 3 is 2.10 bits per heavy atom. The molecule has 0 aromatic heterocycles. The molecule has 0 heterocycles. The molecular weight excluding hydrogens is 266 g/mol. The van der Waals surface area contributed by atoms with Crippen LogP contribution >= 0.6 is 0 Å². The summed E-state index contributed by atoms with van der Waals surface area (Å²) in [6.45, 7) is 2.08. The minimum atomic E-state index is -0.327. The lowest BCUT2D eigenvalue weighted by Crippen LogP contribution is -2.06. The molecular formula is C19H22F2. The quantitative estimate of drug-likeness (QED) is 0.603. The molecule has 1 saturated carbocycles. The van der Waals surface area contributed by atoms with E-state index in [0.29, 0.717) is 5.56 Å². The molecule has 0 amide bonds. The van der Waals surface area contributed by atoms with Crippen LogP contribution < -0.4 is 0 Å². The van der Waals surface area contributed by atoms with Crippen molar-refractivity contribution in [2.24, 2.45) is 0 Å². The average Bonchev–Trinajstić information content (AvgIpc) is 2.52. The van der Waals surface area contributed by atoms with Crippen LogP contribution in [0.2, 0.25) is 0 Å². The highest BCUT2D eigenvalue weighted by atomic mass is 19.1. The van der Waals surface area contributed by atoms with Crippen molar-refractivity contribution in [3.8, 4) is 0 Å². The molecule has 0 atom stereocenters. The Labute approximate surface area is 125 Å². The second-order valence-electron chi connectivity index (χ2n) is 5.66. The van der Waals surface area contributed by atoms with Crippen molar-refractivity contribution >= 4 is 0 Å². The third-order valence-corrected chi connectivity index (χ3v) is 3.94. The molecule has 0 nitrogen and oxygen atoms in total. The van der Waals surface area contributed by atoms with Gasteiger partial charge in [-0.1, -0.05) is 55.2 Å². The summed E-state index contributed by atoms with van der Waals surface area (Å²) in [6, 6.07) is 14.0. The van der Waals surface area contributed by atoms with Gasteiger partial charge in [0.25, 0.3) is 0 Å². The minimum absolute atomic E-state index is 0.236. The van der Waals surface area contributed by atoms with E-state index in [1.165, 1.54) is 30.2 Å². The summed E-state index contributed by atoms with van der Waals surface area (Å²) in [5, 5.41) is 0. The van der Waals surface area contributed by atoms with Crippen LogP contribution in [0.1, 0.15) is 49.1 Å². The molecule has 1 aliphatic carbocycles. The molecule has 2 aromatic carbocycles. The van der Waals surface area contributed by atoms with E-state index in [2.05, 4.69) is 19.1 Å². The van der Waals surface area contributed by atoms with Gasteiger partial charge < -0.3 is 0 Å². The number of benzene rings is 2. The maximum absolute atomic E-state index is 13.4. The van der Waals surface area contributed by atoms with Crippen molar-refractivity contribution < 1.29 is 8.78 Å². The van der Waals surface area contributed by atoms with E-state index in [0.717, 1.165) is 25.7 Å². The van der Waals surface area contributed by atoms with Crippen LogP contribution in [0.4, 0.5) is 8.78 Å². The molecule has 0 radical (unpaired) electrons. The number of aryl methyl sites for hydroxylation is 1. The molecule has 2 heteroatoms. The zero-order valence-electron chi connectivity index (χ0n) is 12.5. The predicted octanol–water partition coefficient (Wildman–Crippen LogP) is 6.01. The van der Waals surface area contributed by atoms with E-state index in [1.807, 2.05) is 18.2 Å². The Morgan fingerprint density at radius 2 is 1.52 bits per heavy atom. The Hall–Kier alpha value is -1.70. The lowest BCUT2D eigenvalue weighted by molar-refractivity contribution is 0.427. The number of hydrogen-bond donors (Lipinski definition) is 0. The summed E-state index contributed by atoms with van der Waals surface area (Å²) in [6.07, 6.45) is 5.51. The second kappa shape index (κ2) is 7.92. The van der Waals surface area contributed by atoms with E-state index in [9.17, 15) is 8.78 Å². The van der Waals surface area contributed by atoms with E-state index in [-0.39, 0.29) is 17.6 Å². The molecule has 0 bridgehead atoms. The normalized spacial score (nSPS) is 15.2. The fourth-order valence-electron chi connectivity index (χ4n) is 2.78. The molecule has 1 aliphatic rings. The third kappa shape index (κ3) is 4.96. The average molecular weight is 288 g/mol. The van der Waals surface area contributed by atoms with Gasteiger partial charge in [0.05, 0.1) is 0 Å². The van der Waals surface area contributed by atoms with Gasteiger partial charge in [-0.15, -0.1) is 0 Å². The van der Waals surface area contributed by atoms with Crippen molar-refractivity contribution in [1.82, 2.24) is 0 Å². The molecule has 0 saturated heterocycles. The maximum atomic E-state index is 13.4. The Balaban J connectivity index is 0.000000194. The second-order valence-corrected chi connectivity index (χ2v) is 5.66. The van der Waals surface area contributed by atoms with Gasteiger partial charge in [-0.3, -0.25) is 0 Å². The first-order chi connectivity index (χ1) is 10.2. The molecule has 2 aromatic rings. The monoisotopic (exact) mass is 288 g/mol. The van der Waals surface area contributed by atoms with Gasteiger partial charge in [0.1, 0.15) is 11.6 Å². The fraction of sp³-hybridized carbons (Fsp3) is 0.368. The number of rotatable bonds is 1. The summed E-state index contributed by atoms with van der Waals surface area (Å²) in [7, 11) is 0. The van der Waals surface area contributed by atoms with Crippen LogP contribution in [0, 0.1) is 18.6 Å². The van der Waals surface area contributed by atoms with Crippen LogP contribution in [0.3, 0.4) is 0 Å². The molecule has 112 valence electrons. The first kappa shape index (κ1) is 15.7. The van der Waals surface area contributed by atoms with Gasteiger partial charge in [0, 0.05) is 0 Å². The Bertz CT molecular complexity index is 543. The van der Waals surface area contributed by atoms with Crippen molar-refractivity contribution in [1.29, 1.82) is 0 Å². The highest BCUT2D eigenvalue weighted by molar-refractivity contribution is 5.23. The SMILES string of the molecule is Cc1ccccc1.Fc1ccc(F)c(C2CCCCC2)c1. The first-order valence-electron chi connectivity index (χ1n) is 7.63. The summed E-state index contributed by atoms with van der Waals surface area (Å²) in [5.74, 6) is -0.343. The van der Waals surface area contributed by atoms with Crippen molar-refractivity contribution in [2.45, 2.75) is 44.9 Å². The zero-order valence-corrected chi connectivity index (χ0v) is 12.5. The molecule has 0 spiro atoms. The largest absolute Gasteiger partial charge is 0.207 e. The highest BCUT2D eigenvalue weighted by Crippen LogP contribution is 2.34. The molecule has 1 fully saturated rings. The van der Waals surface area contributed by atoms with Crippen LogP contribution in [0.15, 0.2) is 48.5 Å². The minimum Gasteiger partial charge on any atom is -0.207 e. The van der Waals surface area contributed by atoms with E-state index in [1.54, 1.807) is 0 Å². The van der Waals surface area contributed by atoms with Crippen LogP contribution in [0.25, 0.3) is 0 Å². The van der Waals surface area contributed by atoms with Gasteiger partial charge in [0.15, 0.2) is 0 Å². The molecule has 0 aliphatic heterocycles. The number of hydrogen-bond acceptors (Lipinski definition) is 0. The highest BCUT2D eigenvalue weighted by Gasteiger charge is 2.18. The molecule has 0 unspecified atom stereocenters. The molecule has 3 rings (SSSR count). The Kier molecular flexibility index (Phi) is 5.91. The van der Waals surface area contributed by atoms with Gasteiger partial charge in [0.2, 0.25) is 0 Å². The van der Waals surface area contributed by atoms with Crippen molar-refractivity contribution in [3.63, 3.8) is 0 Å². The smallest absolute Gasteiger partial charge is 0.126 e. The van der Waals surface area contributed by atoms with Crippen LogP contribution in [0.5, 0.6) is 0 Å². The summed E-state index contributed by atoms with van der Waals surface area (Å²) in [4.78, 5) is 0. The zero-order chi connectivity index (χ0) is 15.1. The predicted molar refractivity (Wildman–Crippen MR) is 83.4 cm³/mol. The van der Waals surface area contributed by atoms with Crippen molar-refractivity contribution in [2.75, 3.05) is 0 Å². The van der Waals surface area contributed by atoms with Gasteiger partial charge in [-0.05, 0) is 49.4 Å². The summed E-state index contributed by atoms with van der Waals surface area (Å²) >= 11 is 0. The number of halogens is 2. The fourth-order valence-corrected chi connectivity index (χ4v) is 2.78. The summed E-state index contributed by atoms with van der Waals surface area (Å²) < 4.78 is 26.3. The van der Waals surface area contributed by atoms with Crippen molar-refractivity contribution in [3.05, 3.63) is 71.3 Å². The van der Waals surface area contributed by atoms with Crippen LogP contribution in [-0.4, -0.2) is 0 Å². The van der Waals surface area contributed by atoms with Gasteiger partial charge in [-0.2, -0.15) is 0 Å². The van der Waals surface area contributed by atoms with E-state index < -0.39 is 0 Å². The van der Waals surface area contributed by atoms with Crippen LogP contribution in [-0.2, 0) is 0 Å². The molecule has 21 heavy (non-hydrogen) atoms. The standard InChI is InChI=1S/C12H14F2.C7H8/c13-10-6-7-12(14)11(8-10)9-4-2-1-3-5-9;1-7-5-3-2-4-6-7/h6-9H,1-5H2;2-6H,1H3.